The zero-order chi connectivity index (χ0) is 47.9. The summed E-state index contributed by atoms with van der Waals surface area (Å²) in [4.78, 5) is 18.1. The van der Waals surface area contributed by atoms with Gasteiger partial charge in [0.15, 0.2) is 11.6 Å². The summed E-state index contributed by atoms with van der Waals surface area (Å²) in [6.45, 7) is 13.5. The minimum Gasteiger partial charge on any atom is -0.278 e. The van der Waals surface area contributed by atoms with E-state index >= 15 is 0 Å². The smallest absolute Gasteiger partial charge is 0.238 e. The first-order chi connectivity index (χ1) is 34.2. The van der Waals surface area contributed by atoms with E-state index in [0.29, 0.717) is 17.6 Å². The molecule has 11 rings (SSSR count). The quantitative estimate of drug-likeness (QED) is 0.128. The molecular formula is C66H54N4. The Kier molecular flexibility index (Phi) is 11.7. The summed E-state index contributed by atoms with van der Waals surface area (Å²) in [5.41, 5.74) is 20.1. The molecule has 4 nitrogen and oxygen atoms in total. The molecule has 70 heavy (non-hydrogen) atoms. The van der Waals surface area contributed by atoms with Crippen LogP contribution in [0.3, 0.4) is 0 Å². The van der Waals surface area contributed by atoms with Crippen molar-refractivity contribution in [3.8, 4) is 45.0 Å². The van der Waals surface area contributed by atoms with Crippen molar-refractivity contribution in [1.29, 1.82) is 0 Å². The van der Waals surface area contributed by atoms with Gasteiger partial charge >= 0.3 is 0 Å². The Morgan fingerprint density at radius 1 is 0.371 bits per heavy atom. The van der Waals surface area contributed by atoms with Crippen LogP contribution in [0, 0.1) is 41.5 Å². The monoisotopic (exact) mass is 902 g/mol. The molecule has 0 unspecified atom stereocenters. The average Bonchev–Trinajstić information content (AvgIpc) is 3.38. The van der Waals surface area contributed by atoms with E-state index in [9.17, 15) is 0 Å². The number of aromatic nitrogens is 3. The summed E-state index contributed by atoms with van der Waals surface area (Å²) in [6, 6.07) is 76.1. The first-order valence-corrected chi connectivity index (χ1v) is 24.2. The molecule has 0 fully saturated rings. The summed E-state index contributed by atoms with van der Waals surface area (Å²) in [5, 5.41) is 4.71. The van der Waals surface area contributed by atoms with Crippen molar-refractivity contribution in [3.05, 3.63) is 262 Å². The molecule has 11 aromatic rings. The van der Waals surface area contributed by atoms with E-state index in [0.717, 1.165) is 33.5 Å². The van der Waals surface area contributed by atoms with Gasteiger partial charge in [-0.1, -0.05) is 205 Å². The van der Waals surface area contributed by atoms with Gasteiger partial charge < -0.3 is 0 Å². The topological polar surface area (TPSA) is 41.9 Å². The van der Waals surface area contributed by atoms with Crippen LogP contribution < -0.4 is 4.90 Å². The van der Waals surface area contributed by atoms with Crippen LogP contribution in [0.1, 0.15) is 56.0 Å². The fourth-order valence-corrected chi connectivity index (χ4v) is 11.0. The lowest BCUT2D eigenvalue weighted by atomic mass is 9.75. The highest BCUT2D eigenvalue weighted by Crippen LogP contribution is 2.47. The van der Waals surface area contributed by atoms with Crippen LogP contribution in [0.4, 0.5) is 17.3 Å². The molecule has 0 aliphatic carbocycles. The molecule has 0 N–H and O–H groups in total. The van der Waals surface area contributed by atoms with Crippen LogP contribution in [0.2, 0.25) is 0 Å². The van der Waals surface area contributed by atoms with E-state index in [2.05, 4.69) is 222 Å². The van der Waals surface area contributed by atoms with Crippen molar-refractivity contribution in [2.75, 3.05) is 4.90 Å². The number of nitrogens with zero attached hydrogens (tertiary/aromatic N) is 4. The fraction of sp³-hybridized carbons (Fsp3) is 0.106. The maximum absolute atomic E-state index is 5.38. The van der Waals surface area contributed by atoms with Gasteiger partial charge in [-0.3, -0.25) is 4.90 Å². The highest BCUT2D eigenvalue weighted by molar-refractivity contribution is 6.07. The molecule has 4 heteroatoms. The van der Waals surface area contributed by atoms with Gasteiger partial charge in [-0.05, 0) is 137 Å². The van der Waals surface area contributed by atoms with Crippen molar-refractivity contribution < 1.29 is 0 Å². The Labute approximate surface area is 411 Å². The number of hydrogen-bond acceptors (Lipinski definition) is 4. The number of benzene rings is 10. The zero-order valence-electron chi connectivity index (χ0n) is 40.6. The molecule has 0 amide bonds. The SMILES string of the molecule is Cc1cc(C)c(C(c2c(C)cc(C)cc2C)c2ccc(N(c3ccc(-c4cccc5cccc(-c6ccccc6)c45)cc3)c3nc(-c4ccccc4)nc(-c4ccccc4)n3)c3ccccc23)c(C)c1. The third-order valence-electron chi connectivity index (χ3n) is 13.9. The van der Waals surface area contributed by atoms with Gasteiger partial charge in [0.2, 0.25) is 5.95 Å². The summed E-state index contributed by atoms with van der Waals surface area (Å²) in [5.74, 6) is 1.72. The molecule has 0 saturated carbocycles. The standard InChI is InChI=1S/C66H54N4/c1-42-38-44(3)60(45(4)39-42)63(61-46(5)40-43(2)41-47(61)6)58-36-37-59(57-29-17-16-28-56(57)58)70(66-68-64(51-22-12-8-13-23-51)67-65(69-66)52-24-14-9-15-25-52)53-34-32-49(33-35-53)55-31-19-27-50-26-18-30-54(62(50)55)48-20-10-7-11-21-48/h7-41,63H,1-6H3. The van der Waals surface area contributed by atoms with E-state index in [1.165, 1.54) is 82.9 Å². The molecule has 0 radical (unpaired) electrons. The summed E-state index contributed by atoms with van der Waals surface area (Å²) < 4.78 is 0. The molecule has 0 aliphatic rings. The average molecular weight is 903 g/mol. The highest BCUT2D eigenvalue weighted by Gasteiger charge is 2.29. The molecule has 338 valence electrons. The van der Waals surface area contributed by atoms with Crippen LogP contribution in [0.5, 0.6) is 0 Å². The van der Waals surface area contributed by atoms with Gasteiger partial charge in [0.25, 0.3) is 0 Å². The van der Waals surface area contributed by atoms with Gasteiger partial charge in [0.05, 0.1) is 5.69 Å². The maximum atomic E-state index is 5.38. The van der Waals surface area contributed by atoms with Crippen LogP contribution in [-0.2, 0) is 0 Å². The van der Waals surface area contributed by atoms with Crippen molar-refractivity contribution in [1.82, 2.24) is 15.0 Å². The fourth-order valence-electron chi connectivity index (χ4n) is 11.0. The Balaban J connectivity index is 1.16. The lowest BCUT2D eigenvalue weighted by molar-refractivity contribution is 0.927. The zero-order valence-corrected chi connectivity index (χ0v) is 40.6. The predicted molar refractivity (Wildman–Crippen MR) is 294 cm³/mol. The van der Waals surface area contributed by atoms with Gasteiger partial charge in [0.1, 0.15) is 0 Å². The highest BCUT2D eigenvalue weighted by atomic mass is 15.3. The Morgan fingerprint density at radius 3 is 1.31 bits per heavy atom. The van der Waals surface area contributed by atoms with Crippen molar-refractivity contribution in [2.24, 2.45) is 0 Å². The minimum atomic E-state index is -0.0131. The first kappa shape index (κ1) is 44.1. The third-order valence-corrected chi connectivity index (χ3v) is 13.9. The molecule has 0 aliphatic heterocycles. The van der Waals surface area contributed by atoms with Crippen molar-refractivity contribution in [3.63, 3.8) is 0 Å². The van der Waals surface area contributed by atoms with Crippen LogP contribution >= 0.6 is 0 Å². The van der Waals surface area contributed by atoms with E-state index in [-0.39, 0.29) is 5.92 Å². The van der Waals surface area contributed by atoms with Crippen LogP contribution in [-0.4, -0.2) is 15.0 Å². The molecule has 0 spiro atoms. The van der Waals surface area contributed by atoms with Crippen LogP contribution in [0.15, 0.2) is 212 Å². The number of aryl methyl sites for hydroxylation is 6. The van der Waals surface area contributed by atoms with E-state index in [4.69, 9.17) is 15.0 Å². The van der Waals surface area contributed by atoms with E-state index in [1.807, 2.05) is 36.4 Å². The Morgan fingerprint density at radius 2 is 0.814 bits per heavy atom. The molecular weight excluding hydrogens is 849 g/mol. The molecule has 1 heterocycles. The Hall–Kier alpha value is -8.47. The van der Waals surface area contributed by atoms with Gasteiger partial charge in [0, 0.05) is 28.1 Å². The number of fused-ring (bicyclic) bond motifs is 2. The summed E-state index contributed by atoms with van der Waals surface area (Å²) in [7, 11) is 0. The lowest BCUT2D eigenvalue weighted by Crippen LogP contribution is -2.17. The largest absolute Gasteiger partial charge is 0.278 e. The number of anilines is 3. The van der Waals surface area contributed by atoms with Gasteiger partial charge in [-0.15, -0.1) is 0 Å². The number of hydrogen-bond donors (Lipinski definition) is 0. The summed E-state index contributed by atoms with van der Waals surface area (Å²) in [6.07, 6.45) is 0. The molecule has 0 bridgehead atoms. The molecule has 0 saturated heterocycles. The predicted octanol–water partition coefficient (Wildman–Crippen LogP) is 17.3. The van der Waals surface area contributed by atoms with Gasteiger partial charge in [-0.25, -0.2) is 4.98 Å². The first-order valence-electron chi connectivity index (χ1n) is 24.2. The van der Waals surface area contributed by atoms with E-state index in [1.54, 1.807) is 0 Å². The van der Waals surface area contributed by atoms with Gasteiger partial charge in [-0.2, -0.15) is 9.97 Å². The normalized spacial score (nSPS) is 11.4. The van der Waals surface area contributed by atoms with Crippen molar-refractivity contribution in [2.45, 2.75) is 47.5 Å². The van der Waals surface area contributed by atoms with Crippen molar-refractivity contribution >= 4 is 38.9 Å². The second kappa shape index (κ2) is 18.6. The second-order valence-corrected chi connectivity index (χ2v) is 18.7. The second-order valence-electron chi connectivity index (χ2n) is 18.7. The third kappa shape index (κ3) is 8.22. The number of rotatable bonds is 10. The van der Waals surface area contributed by atoms with E-state index < -0.39 is 0 Å². The Bertz CT molecular complexity index is 3550. The van der Waals surface area contributed by atoms with Crippen LogP contribution in [0.25, 0.3) is 66.6 Å². The lowest BCUT2D eigenvalue weighted by Gasteiger charge is -2.30. The summed E-state index contributed by atoms with van der Waals surface area (Å²) >= 11 is 0. The molecule has 1 aromatic heterocycles. The maximum Gasteiger partial charge on any atom is 0.238 e. The molecule has 0 atom stereocenters. The molecule has 10 aromatic carbocycles. The minimum absolute atomic E-state index is 0.0131.